The molecule has 0 saturated heterocycles. The zero-order valence-electron chi connectivity index (χ0n) is 14.4. The summed E-state index contributed by atoms with van der Waals surface area (Å²) in [5, 5.41) is 5.65. The molecule has 1 atom stereocenters. The zero-order valence-corrected chi connectivity index (χ0v) is 14.4. The third-order valence-electron chi connectivity index (χ3n) is 3.70. The molecule has 128 valence electrons. The van der Waals surface area contributed by atoms with Crippen molar-refractivity contribution in [2.45, 2.75) is 26.4 Å². The van der Waals surface area contributed by atoms with E-state index in [1.807, 2.05) is 45.0 Å². The molecular weight excluding hydrogens is 307 g/mol. The molecule has 2 N–H and O–H groups in total. The van der Waals surface area contributed by atoms with Crippen LogP contribution in [0.25, 0.3) is 0 Å². The highest BCUT2D eigenvalue weighted by Gasteiger charge is 2.15. The van der Waals surface area contributed by atoms with Gasteiger partial charge < -0.3 is 15.5 Å². The number of carbonyl (C=O) groups is 1. The summed E-state index contributed by atoms with van der Waals surface area (Å²) in [7, 11) is 3.77. The van der Waals surface area contributed by atoms with Crippen molar-refractivity contribution in [1.82, 2.24) is 15.6 Å². The lowest BCUT2D eigenvalue weighted by atomic mass is 10.1. The first-order valence-corrected chi connectivity index (χ1v) is 7.79. The Hall–Kier alpha value is -2.63. The van der Waals surface area contributed by atoms with E-state index < -0.39 is 0 Å². The smallest absolute Gasteiger partial charge is 0.315 e. The van der Waals surface area contributed by atoms with Gasteiger partial charge in [-0.05, 0) is 49.7 Å². The summed E-state index contributed by atoms with van der Waals surface area (Å²) >= 11 is 0. The molecule has 2 rings (SSSR count). The van der Waals surface area contributed by atoms with Crippen LogP contribution in [0.1, 0.15) is 29.8 Å². The minimum absolute atomic E-state index is 0.300. The second kappa shape index (κ2) is 7.77. The minimum atomic E-state index is -0.322. The van der Waals surface area contributed by atoms with Crippen molar-refractivity contribution >= 4 is 11.7 Å². The number of benzene rings is 1. The molecule has 2 aromatic rings. The van der Waals surface area contributed by atoms with Crippen molar-refractivity contribution in [3.63, 3.8) is 0 Å². The van der Waals surface area contributed by atoms with Gasteiger partial charge in [0.2, 0.25) is 0 Å². The zero-order chi connectivity index (χ0) is 17.7. The number of rotatable bonds is 5. The van der Waals surface area contributed by atoms with Crippen LogP contribution in [0.3, 0.4) is 0 Å². The van der Waals surface area contributed by atoms with Gasteiger partial charge in [-0.1, -0.05) is 0 Å². The van der Waals surface area contributed by atoms with Crippen molar-refractivity contribution < 1.29 is 9.18 Å². The lowest BCUT2D eigenvalue weighted by molar-refractivity contribution is 0.237. The van der Waals surface area contributed by atoms with E-state index >= 15 is 0 Å². The maximum absolute atomic E-state index is 13.6. The molecule has 1 aromatic carbocycles. The van der Waals surface area contributed by atoms with Gasteiger partial charge in [-0.3, -0.25) is 4.98 Å². The first-order chi connectivity index (χ1) is 11.4. The van der Waals surface area contributed by atoms with E-state index in [4.69, 9.17) is 0 Å². The normalized spacial score (nSPS) is 11.7. The van der Waals surface area contributed by atoms with Gasteiger partial charge in [0, 0.05) is 43.8 Å². The van der Waals surface area contributed by atoms with Crippen LogP contribution in [-0.4, -0.2) is 25.1 Å². The Kier molecular flexibility index (Phi) is 5.73. The van der Waals surface area contributed by atoms with Crippen LogP contribution in [0, 0.1) is 12.7 Å². The number of anilines is 1. The Morgan fingerprint density at radius 3 is 2.71 bits per heavy atom. The number of urea groups is 1. The van der Waals surface area contributed by atoms with Crippen molar-refractivity contribution in [3.8, 4) is 0 Å². The van der Waals surface area contributed by atoms with E-state index in [-0.39, 0.29) is 17.9 Å². The minimum Gasteiger partial charge on any atom is -0.377 e. The number of pyridine rings is 1. The van der Waals surface area contributed by atoms with Crippen LogP contribution in [-0.2, 0) is 6.54 Å². The molecule has 0 aliphatic heterocycles. The van der Waals surface area contributed by atoms with E-state index in [0.29, 0.717) is 6.54 Å². The number of halogens is 1. The summed E-state index contributed by atoms with van der Waals surface area (Å²) < 4.78 is 13.6. The first kappa shape index (κ1) is 17.7. The van der Waals surface area contributed by atoms with E-state index in [9.17, 15) is 9.18 Å². The quantitative estimate of drug-likeness (QED) is 0.885. The summed E-state index contributed by atoms with van der Waals surface area (Å²) in [6.45, 7) is 4.14. The van der Waals surface area contributed by atoms with Crippen molar-refractivity contribution in [1.29, 1.82) is 0 Å². The number of nitrogens with zero attached hydrogens (tertiary/aromatic N) is 2. The number of amides is 2. The highest BCUT2D eigenvalue weighted by atomic mass is 19.1. The van der Waals surface area contributed by atoms with Crippen LogP contribution < -0.4 is 15.5 Å². The maximum Gasteiger partial charge on any atom is 0.315 e. The van der Waals surface area contributed by atoms with Gasteiger partial charge in [0.15, 0.2) is 0 Å². The third kappa shape index (κ3) is 4.68. The van der Waals surface area contributed by atoms with Crippen LogP contribution >= 0.6 is 0 Å². The summed E-state index contributed by atoms with van der Waals surface area (Å²) in [6.07, 6.45) is 1.71. The van der Waals surface area contributed by atoms with Crippen molar-refractivity contribution in [2.24, 2.45) is 0 Å². The molecule has 0 bridgehead atoms. The molecule has 1 unspecified atom stereocenters. The van der Waals surface area contributed by atoms with Gasteiger partial charge >= 0.3 is 6.03 Å². The number of nitrogens with one attached hydrogen (secondary N) is 2. The summed E-state index contributed by atoms with van der Waals surface area (Å²) in [4.78, 5) is 18.1. The number of carbonyl (C=O) groups excluding carboxylic acids is 1. The molecule has 0 saturated carbocycles. The van der Waals surface area contributed by atoms with Gasteiger partial charge in [-0.15, -0.1) is 0 Å². The maximum atomic E-state index is 13.6. The Bertz CT molecular complexity index is 718. The van der Waals surface area contributed by atoms with Crippen molar-refractivity contribution in [2.75, 3.05) is 19.0 Å². The Labute approximate surface area is 141 Å². The van der Waals surface area contributed by atoms with Crippen molar-refractivity contribution in [3.05, 3.63) is 59.2 Å². The molecule has 0 spiro atoms. The fourth-order valence-electron chi connectivity index (χ4n) is 2.50. The average Bonchev–Trinajstić information content (AvgIpc) is 2.52. The average molecular weight is 330 g/mol. The number of hydrogen-bond donors (Lipinski definition) is 2. The number of aromatic nitrogens is 1. The van der Waals surface area contributed by atoms with Crippen LogP contribution in [0.15, 0.2) is 36.5 Å². The fraction of sp³-hybridized carbons (Fsp3) is 0.333. The lowest BCUT2D eigenvalue weighted by Crippen LogP contribution is -2.37. The molecule has 0 radical (unpaired) electrons. The molecule has 2 amide bonds. The predicted octanol–water partition coefficient (Wildman–Crippen LogP) is 3.16. The van der Waals surface area contributed by atoms with E-state index in [0.717, 1.165) is 22.5 Å². The Morgan fingerprint density at radius 2 is 2.04 bits per heavy atom. The van der Waals surface area contributed by atoms with E-state index in [1.165, 1.54) is 12.1 Å². The van der Waals surface area contributed by atoms with Crippen LogP contribution in [0.2, 0.25) is 0 Å². The van der Waals surface area contributed by atoms with Gasteiger partial charge in [-0.2, -0.15) is 0 Å². The Balaban J connectivity index is 2.00. The highest BCUT2D eigenvalue weighted by molar-refractivity contribution is 5.74. The second-order valence-corrected chi connectivity index (χ2v) is 5.95. The molecule has 1 heterocycles. The van der Waals surface area contributed by atoms with E-state index in [1.54, 1.807) is 12.3 Å². The highest BCUT2D eigenvalue weighted by Crippen LogP contribution is 2.25. The molecule has 0 aliphatic rings. The second-order valence-electron chi connectivity index (χ2n) is 5.95. The van der Waals surface area contributed by atoms with Gasteiger partial charge in [0.05, 0.1) is 6.04 Å². The van der Waals surface area contributed by atoms with Crippen LogP contribution in [0.5, 0.6) is 0 Å². The SMILES string of the molecule is Cc1cc(CNC(=O)NC(C)c2cc(F)ccc2N(C)C)ccn1. The van der Waals surface area contributed by atoms with E-state index in [2.05, 4.69) is 15.6 Å². The predicted molar refractivity (Wildman–Crippen MR) is 93.5 cm³/mol. The lowest BCUT2D eigenvalue weighted by Gasteiger charge is -2.22. The third-order valence-corrected chi connectivity index (χ3v) is 3.70. The summed E-state index contributed by atoms with van der Waals surface area (Å²) in [5.41, 5.74) is 3.48. The summed E-state index contributed by atoms with van der Waals surface area (Å²) in [6, 6.07) is 7.72. The standard InChI is InChI=1S/C18H23FN4O/c1-12-9-14(7-8-20-12)11-21-18(24)22-13(2)16-10-15(19)5-6-17(16)23(3)4/h5-10,13H,11H2,1-4H3,(H2,21,22,24). The largest absolute Gasteiger partial charge is 0.377 e. The molecular formula is C18H23FN4O. The monoisotopic (exact) mass is 330 g/mol. The topological polar surface area (TPSA) is 57.3 Å². The summed E-state index contributed by atoms with van der Waals surface area (Å²) in [5.74, 6) is -0.322. The number of hydrogen-bond acceptors (Lipinski definition) is 3. The Morgan fingerprint density at radius 1 is 1.29 bits per heavy atom. The molecule has 0 aliphatic carbocycles. The molecule has 24 heavy (non-hydrogen) atoms. The van der Waals surface area contributed by atoms with Crippen LogP contribution in [0.4, 0.5) is 14.9 Å². The van der Waals surface area contributed by atoms with Gasteiger partial charge in [0.25, 0.3) is 0 Å². The first-order valence-electron chi connectivity index (χ1n) is 7.79. The van der Waals surface area contributed by atoms with Gasteiger partial charge in [0.1, 0.15) is 5.82 Å². The molecule has 6 heteroatoms. The molecule has 0 fully saturated rings. The molecule has 1 aromatic heterocycles. The number of aryl methyl sites for hydroxylation is 1. The fourth-order valence-corrected chi connectivity index (χ4v) is 2.50. The van der Waals surface area contributed by atoms with Gasteiger partial charge in [-0.25, -0.2) is 9.18 Å². The molecule has 5 nitrogen and oxygen atoms in total.